The number of carbonyl (C=O) groups is 9. The fourth-order valence-corrected chi connectivity index (χ4v) is 11.6. The van der Waals surface area contributed by atoms with Gasteiger partial charge in [-0.15, -0.1) is 22.7 Å². The van der Waals surface area contributed by atoms with Gasteiger partial charge in [0.15, 0.2) is 35.5 Å². The fraction of sp³-hybridized carbons (Fsp3) is 0.328. The summed E-state index contributed by atoms with van der Waals surface area (Å²) in [6.07, 6.45) is -0.444. The molecule has 24 heteroatoms. The minimum atomic E-state index is -1.17. The summed E-state index contributed by atoms with van der Waals surface area (Å²) in [5.41, 5.74) is 4.91. The first-order valence-electron chi connectivity index (χ1n) is 28.5. The number of alkyl carbamates (subject to hydrolysis) is 1. The van der Waals surface area contributed by atoms with E-state index in [0.717, 1.165) is 32.3 Å². The molecule has 88 heavy (non-hydrogen) atoms. The Hall–Kier alpha value is -9.55. The molecule has 0 saturated carbocycles. The molecule has 6 amide bonds. The normalized spacial score (nSPS) is 11.7. The lowest BCUT2D eigenvalue weighted by Gasteiger charge is -2.19. The second kappa shape index (κ2) is 31.7. The van der Waals surface area contributed by atoms with Crippen molar-refractivity contribution < 1.29 is 76.3 Å². The number of esters is 2. The van der Waals surface area contributed by atoms with Gasteiger partial charge in [0.1, 0.15) is 19.2 Å². The molecule has 2 heterocycles. The Balaban J connectivity index is 0.827. The number of nitrogens with zero attached hydrogens (tertiary/aromatic N) is 1. The standard InChI is InChI=1S/C64H68N6O16S2/c1-5-81-60(75)22-21-48(71)55-30-40-29-51(84-26-14-25-83-50-28-41-31-56(88-53(41)32-49(50)80-4)63(78)70(3)24-23-61(76)82-6-2)52(33-54(40)87-55)86-38-68-58(73)34-66-62(77)47(27-39-15-8-7-9-16-39)69-59(74)36-65-57(72)35-67-64(79)85-37-46-44-19-12-10-17-42(44)43-18-11-13-20-45(43)46/h7-13,15-20,28-33,46-47H,5-6,14,21-27,34-38H2,1-4H3,(H,65,72)(H,66,77)(H,67,79)(H,68,73)(H,69,74)/t47-/m0/s1. The van der Waals surface area contributed by atoms with E-state index in [4.69, 9.17) is 33.2 Å². The molecule has 0 aliphatic heterocycles. The Kier molecular flexibility index (Phi) is 23.2. The van der Waals surface area contributed by atoms with Gasteiger partial charge in [-0.25, -0.2) is 4.79 Å². The van der Waals surface area contributed by atoms with Gasteiger partial charge < -0.3 is 64.6 Å². The van der Waals surface area contributed by atoms with E-state index >= 15 is 0 Å². The lowest BCUT2D eigenvalue weighted by Crippen LogP contribution is -2.52. The molecule has 0 bridgehead atoms. The second-order valence-electron chi connectivity index (χ2n) is 20.0. The summed E-state index contributed by atoms with van der Waals surface area (Å²) in [7, 11) is 3.14. The zero-order valence-corrected chi connectivity index (χ0v) is 50.7. The van der Waals surface area contributed by atoms with Crippen LogP contribution in [-0.2, 0) is 49.4 Å². The van der Waals surface area contributed by atoms with Crippen LogP contribution in [0.5, 0.6) is 23.0 Å². The lowest BCUT2D eigenvalue weighted by atomic mass is 9.98. The number of thiophene rings is 2. The molecule has 2 aromatic heterocycles. The monoisotopic (exact) mass is 1240 g/mol. The van der Waals surface area contributed by atoms with Crippen molar-refractivity contribution in [3.63, 3.8) is 0 Å². The predicted molar refractivity (Wildman–Crippen MR) is 329 cm³/mol. The molecule has 7 aromatic rings. The zero-order valence-electron chi connectivity index (χ0n) is 49.0. The molecule has 8 rings (SSSR count). The molecule has 5 aromatic carbocycles. The van der Waals surface area contributed by atoms with Crippen molar-refractivity contribution in [3.8, 4) is 34.1 Å². The van der Waals surface area contributed by atoms with Crippen LogP contribution in [-0.4, -0.2) is 144 Å². The number of nitrogens with one attached hydrogen (secondary N) is 5. The summed E-state index contributed by atoms with van der Waals surface area (Å²) >= 11 is 2.48. The smallest absolute Gasteiger partial charge is 0.407 e. The molecule has 462 valence electrons. The average molecular weight is 1240 g/mol. The third kappa shape index (κ3) is 17.8. The summed E-state index contributed by atoms with van der Waals surface area (Å²) in [4.78, 5) is 118. The Morgan fingerprint density at radius 3 is 1.78 bits per heavy atom. The number of fused-ring (bicyclic) bond motifs is 5. The number of benzene rings is 5. The van der Waals surface area contributed by atoms with E-state index in [2.05, 4.69) is 26.6 Å². The van der Waals surface area contributed by atoms with Crippen molar-refractivity contribution in [3.05, 3.63) is 142 Å². The number of hydrogen-bond donors (Lipinski definition) is 5. The highest BCUT2D eigenvalue weighted by Gasteiger charge is 2.30. The summed E-state index contributed by atoms with van der Waals surface area (Å²) in [5.74, 6) is -2.85. The summed E-state index contributed by atoms with van der Waals surface area (Å²) in [5, 5.41) is 14.1. The van der Waals surface area contributed by atoms with Crippen molar-refractivity contribution >= 4 is 96.2 Å². The predicted octanol–water partition coefficient (Wildman–Crippen LogP) is 7.47. The molecule has 0 fully saturated rings. The Labute approximate surface area is 515 Å². The summed E-state index contributed by atoms with van der Waals surface area (Å²) in [6.45, 7) is 2.54. The van der Waals surface area contributed by atoms with E-state index in [0.29, 0.717) is 43.3 Å². The molecule has 0 radical (unpaired) electrons. The molecule has 0 saturated heterocycles. The van der Waals surface area contributed by atoms with Crippen LogP contribution < -0.4 is 45.5 Å². The number of hydrogen-bond acceptors (Lipinski definition) is 18. The second-order valence-corrected chi connectivity index (χ2v) is 22.2. The first-order valence-corrected chi connectivity index (χ1v) is 30.1. The number of methoxy groups -OCH3 is 1. The van der Waals surface area contributed by atoms with Gasteiger partial charge in [0, 0.05) is 60.3 Å². The van der Waals surface area contributed by atoms with Gasteiger partial charge in [-0.3, -0.25) is 38.4 Å². The first kappa shape index (κ1) is 64.4. The molecular formula is C64H68N6O16S2. The van der Waals surface area contributed by atoms with Gasteiger partial charge in [-0.1, -0.05) is 78.9 Å². The molecule has 0 spiro atoms. The van der Waals surface area contributed by atoms with Crippen molar-refractivity contribution in [1.29, 1.82) is 0 Å². The zero-order chi connectivity index (χ0) is 62.5. The Bertz CT molecular complexity index is 3620. The number of rotatable bonds is 32. The van der Waals surface area contributed by atoms with E-state index in [1.165, 1.54) is 34.7 Å². The minimum absolute atomic E-state index is 0.0448. The van der Waals surface area contributed by atoms with Gasteiger partial charge in [0.25, 0.3) is 5.91 Å². The average Bonchev–Trinajstić information content (AvgIpc) is 2.53. The SMILES string of the molecule is CCOC(=O)CCC(=O)c1cc2cc(OCCCOc3cc4cc(C(=O)N(C)CCC(=O)OCC)sc4cc3OC)c(OCNC(=O)CNC(=O)[C@H](Cc3ccccc3)NC(=O)CNC(=O)CNC(=O)OCC3c4ccccc4-c4ccccc43)cc2s1. The fourth-order valence-electron chi connectivity index (χ4n) is 9.51. The van der Waals surface area contributed by atoms with Crippen LogP contribution in [0.4, 0.5) is 4.79 Å². The summed E-state index contributed by atoms with van der Waals surface area (Å²) < 4.78 is 41.0. The highest BCUT2D eigenvalue weighted by molar-refractivity contribution is 7.21. The Morgan fingerprint density at radius 2 is 1.12 bits per heavy atom. The molecule has 22 nitrogen and oxygen atoms in total. The van der Waals surface area contributed by atoms with Gasteiger partial charge in [0.2, 0.25) is 23.6 Å². The third-order valence-corrected chi connectivity index (χ3v) is 16.1. The van der Waals surface area contributed by atoms with E-state index in [1.54, 1.807) is 87.6 Å². The number of ether oxygens (including phenoxy) is 7. The van der Waals surface area contributed by atoms with E-state index in [1.807, 2.05) is 48.5 Å². The molecule has 5 N–H and O–H groups in total. The van der Waals surface area contributed by atoms with Gasteiger partial charge in [-0.2, -0.15) is 0 Å². The maximum Gasteiger partial charge on any atom is 0.407 e. The number of carbonyl (C=O) groups excluding carboxylic acids is 9. The van der Waals surface area contributed by atoms with Crippen LogP contribution in [0.2, 0.25) is 0 Å². The third-order valence-electron chi connectivity index (χ3n) is 13.9. The molecule has 1 aliphatic carbocycles. The molecule has 1 atom stereocenters. The highest BCUT2D eigenvalue weighted by Crippen LogP contribution is 2.45. The number of Topliss-reactive ketones (excluding diaryl/α,β-unsaturated/α-hetero) is 1. The molecule has 1 aliphatic rings. The van der Waals surface area contributed by atoms with E-state index in [9.17, 15) is 43.2 Å². The maximum absolute atomic E-state index is 13.6. The van der Waals surface area contributed by atoms with Crippen LogP contribution >= 0.6 is 22.7 Å². The van der Waals surface area contributed by atoms with Crippen molar-refractivity contribution in [2.75, 3.05) is 80.1 Å². The minimum Gasteiger partial charge on any atom is -0.493 e. The molecular weight excluding hydrogens is 1170 g/mol. The first-order chi connectivity index (χ1) is 42.6. The lowest BCUT2D eigenvalue weighted by molar-refractivity contribution is -0.144. The topological polar surface area (TPSA) is 282 Å². The Morgan fingerprint density at radius 1 is 0.568 bits per heavy atom. The molecule has 0 unspecified atom stereocenters. The quantitative estimate of drug-likeness (QED) is 0.00898. The van der Waals surface area contributed by atoms with Crippen LogP contribution in [0.3, 0.4) is 0 Å². The van der Waals surface area contributed by atoms with Gasteiger partial charge >= 0.3 is 18.0 Å². The van der Waals surface area contributed by atoms with Crippen molar-refractivity contribution in [1.82, 2.24) is 31.5 Å². The van der Waals surface area contributed by atoms with Crippen molar-refractivity contribution in [2.45, 2.75) is 57.9 Å². The van der Waals surface area contributed by atoms with Crippen molar-refractivity contribution in [2.24, 2.45) is 0 Å². The maximum atomic E-state index is 13.6. The van der Waals surface area contributed by atoms with Crippen LogP contribution in [0.25, 0.3) is 31.3 Å². The van der Waals surface area contributed by atoms with E-state index in [-0.39, 0.29) is 107 Å². The number of amides is 6. The van der Waals surface area contributed by atoms with Gasteiger partial charge in [0.05, 0.1) is 69.2 Å². The van der Waals surface area contributed by atoms with Gasteiger partial charge in [-0.05, 0) is 76.7 Å². The highest BCUT2D eigenvalue weighted by atomic mass is 32.1. The van der Waals surface area contributed by atoms with E-state index < -0.39 is 61.4 Å². The summed E-state index contributed by atoms with van der Waals surface area (Å²) in [6, 6.07) is 33.9. The van der Waals surface area contributed by atoms with Crippen LogP contribution in [0, 0.1) is 0 Å². The largest absolute Gasteiger partial charge is 0.493 e. The van der Waals surface area contributed by atoms with Crippen LogP contribution in [0.15, 0.2) is 115 Å². The van der Waals surface area contributed by atoms with Crippen LogP contribution in [0.1, 0.15) is 81.5 Å². The number of ketones is 1.